The molecule has 3 nitrogen and oxygen atoms in total. The number of alkyl halides is 3. The van der Waals surface area contributed by atoms with Gasteiger partial charge in [-0.2, -0.15) is 13.2 Å². The highest BCUT2D eigenvalue weighted by molar-refractivity contribution is 5.87. The number of benzene rings is 2. The maximum Gasteiger partial charge on any atom is 0.416 e. The Kier molecular flexibility index (Phi) is 3.98. The van der Waals surface area contributed by atoms with E-state index in [1.807, 2.05) is 24.3 Å². The summed E-state index contributed by atoms with van der Waals surface area (Å²) in [6.45, 7) is 0.200. The van der Waals surface area contributed by atoms with E-state index in [-0.39, 0.29) is 18.5 Å². The average Bonchev–Trinajstić information content (AvgIpc) is 2.96. The minimum Gasteiger partial charge on any atom is -0.373 e. The molecule has 3 rings (SSSR count). The summed E-state index contributed by atoms with van der Waals surface area (Å²) >= 11 is 0. The van der Waals surface area contributed by atoms with Crippen LogP contribution in [0.2, 0.25) is 0 Å². The van der Waals surface area contributed by atoms with Crippen LogP contribution in [-0.4, -0.2) is 11.9 Å². The summed E-state index contributed by atoms with van der Waals surface area (Å²) in [5, 5.41) is 5.89. The maximum absolute atomic E-state index is 12.5. The van der Waals surface area contributed by atoms with Crippen LogP contribution >= 0.6 is 0 Å². The van der Waals surface area contributed by atoms with Gasteiger partial charge in [-0.1, -0.05) is 30.3 Å². The van der Waals surface area contributed by atoms with E-state index >= 15 is 0 Å². The van der Waals surface area contributed by atoms with Gasteiger partial charge in [-0.05, 0) is 29.3 Å². The van der Waals surface area contributed by atoms with E-state index in [2.05, 4.69) is 10.6 Å². The lowest BCUT2D eigenvalue weighted by Gasteiger charge is -2.12. The molecule has 0 spiro atoms. The highest BCUT2D eigenvalue weighted by Crippen LogP contribution is 2.29. The van der Waals surface area contributed by atoms with Crippen LogP contribution in [0.3, 0.4) is 0 Å². The van der Waals surface area contributed by atoms with Gasteiger partial charge in [-0.3, -0.25) is 4.79 Å². The van der Waals surface area contributed by atoms with Gasteiger partial charge in [0.15, 0.2) is 0 Å². The fourth-order valence-electron chi connectivity index (χ4n) is 2.58. The second-order valence-electron chi connectivity index (χ2n) is 5.47. The minimum absolute atomic E-state index is 0.166. The summed E-state index contributed by atoms with van der Waals surface area (Å²) < 4.78 is 37.5. The Morgan fingerprint density at radius 3 is 2.48 bits per heavy atom. The van der Waals surface area contributed by atoms with E-state index in [9.17, 15) is 18.0 Å². The highest BCUT2D eigenvalue weighted by atomic mass is 19.4. The van der Waals surface area contributed by atoms with Crippen LogP contribution in [0, 0.1) is 0 Å². The van der Waals surface area contributed by atoms with Crippen LogP contribution in [0.5, 0.6) is 0 Å². The van der Waals surface area contributed by atoms with E-state index < -0.39 is 11.7 Å². The first kappa shape index (κ1) is 15.4. The average molecular weight is 320 g/mol. The Morgan fingerprint density at radius 1 is 1.13 bits per heavy atom. The number of hydrogen-bond acceptors (Lipinski definition) is 2. The van der Waals surface area contributed by atoms with Crippen LogP contribution in [0.25, 0.3) is 0 Å². The number of fused-ring (bicyclic) bond motifs is 1. The van der Waals surface area contributed by atoms with Gasteiger partial charge in [-0.25, -0.2) is 0 Å². The zero-order chi connectivity index (χ0) is 16.4. The smallest absolute Gasteiger partial charge is 0.373 e. The van der Waals surface area contributed by atoms with Gasteiger partial charge in [-0.15, -0.1) is 0 Å². The number of para-hydroxylation sites is 1. The SMILES string of the molecule is O=C(NCc1ccc(C(F)(F)F)cc1)[C@H]1Cc2ccccc2N1. The molecule has 23 heavy (non-hydrogen) atoms. The molecule has 0 aliphatic carbocycles. The van der Waals surface area contributed by atoms with Crippen molar-refractivity contribution in [2.24, 2.45) is 0 Å². The summed E-state index contributed by atoms with van der Waals surface area (Å²) in [7, 11) is 0. The molecule has 120 valence electrons. The maximum atomic E-state index is 12.5. The monoisotopic (exact) mass is 320 g/mol. The lowest BCUT2D eigenvalue weighted by Crippen LogP contribution is -2.38. The summed E-state index contributed by atoms with van der Waals surface area (Å²) in [6, 6.07) is 12.1. The summed E-state index contributed by atoms with van der Waals surface area (Å²) in [5.74, 6) is -0.166. The predicted octanol–water partition coefficient (Wildman–Crippen LogP) is 3.36. The molecular weight excluding hydrogens is 305 g/mol. The van der Waals surface area contributed by atoms with Crippen molar-refractivity contribution < 1.29 is 18.0 Å². The molecule has 0 bridgehead atoms. The molecule has 1 aliphatic heterocycles. The standard InChI is InChI=1S/C17H15F3N2O/c18-17(19,20)13-7-5-11(6-8-13)10-21-16(23)15-9-12-3-1-2-4-14(12)22-15/h1-8,15,22H,9-10H2,(H,21,23)/t15-/m1/s1. The van der Waals surface area contributed by atoms with Crippen molar-refractivity contribution in [3.8, 4) is 0 Å². The van der Waals surface area contributed by atoms with Crippen LogP contribution in [-0.2, 0) is 23.9 Å². The zero-order valence-corrected chi connectivity index (χ0v) is 12.2. The number of rotatable bonds is 3. The molecule has 1 heterocycles. The first-order chi connectivity index (χ1) is 10.9. The second-order valence-corrected chi connectivity index (χ2v) is 5.47. The number of hydrogen-bond donors (Lipinski definition) is 2. The van der Waals surface area contributed by atoms with E-state index in [0.29, 0.717) is 12.0 Å². The Balaban J connectivity index is 1.56. The number of nitrogens with one attached hydrogen (secondary N) is 2. The van der Waals surface area contributed by atoms with E-state index in [4.69, 9.17) is 0 Å². The van der Waals surface area contributed by atoms with Gasteiger partial charge in [0.1, 0.15) is 6.04 Å². The molecule has 0 radical (unpaired) electrons. The number of carbonyl (C=O) groups is 1. The molecule has 0 saturated carbocycles. The van der Waals surface area contributed by atoms with Gasteiger partial charge in [0.25, 0.3) is 0 Å². The molecule has 1 aliphatic rings. The largest absolute Gasteiger partial charge is 0.416 e. The van der Waals surface area contributed by atoms with Crippen molar-refractivity contribution in [2.45, 2.75) is 25.2 Å². The van der Waals surface area contributed by atoms with Gasteiger partial charge >= 0.3 is 6.18 Å². The Labute approximate surface area is 131 Å². The number of anilines is 1. The summed E-state index contributed by atoms with van der Waals surface area (Å²) in [4.78, 5) is 12.2. The topological polar surface area (TPSA) is 41.1 Å². The zero-order valence-electron chi connectivity index (χ0n) is 12.2. The van der Waals surface area contributed by atoms with E-state index in [0.717, 1.165) is 23.4 Å². The van der Waals surface area contributed by atoms with Crippen LogP contribution in [0.15, 0.2) is 48.5 Å². The summed E-state index contributed by atoms with van der Waals surface area (Å²) in [6.07, 6.45) is -3.74. The molecule has 2 aromatic rings. The predicted molar refractivity (Wildman–Crippen MR) is 80.8 cm³/mol. The van der Waals surface area contributed by atoms with Crippen molar-refractivity contribution in [1.82, 2.24) is 5.32 Å². The van der Waals surface area contributed by atoms with Gasteiger partial charge in [0, 0.05) is 18.7 Å². The third-order valence-corrected chi connectivity index (χ3v) is 3.84. The lowest BCUT2D eigenvalue weighted by atomic mass is 10.1. The highest BCUT2D eigenvalue weighted by Gasteiger charge is 2.30. The summed E-state index contributed by atoms with van der Waals surface area (Å²) in [5.41, 5.74) is 1.96. The molecule has 6 heteroatoms. The fraction of sp³-hybridized carbons (Fsp3) is 0.235. The Hall–Kier alpha value is -2.50. The quantitative estimate of drug-likeness (QED) is 0.910. The van der Waals surface area contributed by atoms with Crippen molar-refractivity contribution >= 4 is 11.6 Å². The first-order valence-electron chi connectivity index (χ1n) is 7.22. The van der Waals surface area contributed by atoms with Gasteiger partial charge < -0.3 is 10.6 Å². The van der Waals surface area contributed by atoms with E-state index in [1.54, 1.807) is 0 Å². The van der Waals surface area contributed by atoms with Crippen LogP contribution in [0.4, 0.5) is 18.9 Å². The second kappa shape index (κ2) is 5.95. The lowest BCUT2D eigenvalue weighted by molar-refractivity contribution is -0.137. The first-order valence-corrected chi connectivity index (χ1v) is 7.22. The van der Waals surface area contributed by atoms with Crippen molar-refractivity contribution in [3.63, 3.8) is 0 Å². The molecule has 1 atom stereocenters. The van der Waals surface area contributed by atoms with Gasteiger partial charge in [0.2, 0.25) is 5.91 Å². The van der Waals surface area contributed by atoms with Crippen molar-refractivity contribution in [2.75, 3.05) is 5.32 Å². The fourth-order valence-corrected chi connectivity index (χ4v) is 2.58. The number of amides is 1. The molecular formula is C17H15F3N2O. The molecule has 2 aromatic carbocycles. The number of halogens is 3. The minimum atomic E-state index is -4.35. The normalized spacial score (nSPS) is 16.6. The van der Waals surface area contributed by atoms with Gasteiger partial charge in [0.05, 0.1) is 5.56 Å². The van der Waals surface area contributed by atoms with E-state index in [1.165, 1.54) is 12.1 Å². The molecule has 0 fully saturated rings. The number of carbonyl (C=O) groups excluding carboxylic acids is 1. The van der Waals surface area contributed by atoms with Crippen LogP contribution < -0.4 is 10.6 Å². The Morgan fingerprint density at radius 2 is 1.83 bits per heavy atom. The third kappa shape index (κ3) is 3.47. The molecule has 2 N–H and O–H groups in total. The van der Waals surface area contributed by atoms with Crippen molar-refractivity contribution in [1.29, 1.82) is 0 Å². The molecule has 0 unspecified atom stereocenters. The van der Waals surface area contributed by atoms with Crippen LogP contribution in [0.1, 0.15) is 16.7 Å². The third-order valence-electron chi connectivity index (χ3n) is 3.84. The molecule has 1 amide bonds. The molecule has 0 aromatic heterocycles. The van der Waals surface area contributed by atoms with Crippen molar-refractivity contribution in [3.05, 3.63) is 65.2 Å². The Bertz CT molecular complexity index is 686. The molecule has 0 saturated heterocycles.